The lowest BCUT2D eigenvalue weighted by molar-refractivity contribution is -0.131. The van der Waals surface area contributed by atoms with Crippen molar-refractivity contribution in [3.8, 4) is 0 Å². The lowest BCUT2D eigenvalue weighted by atomic mass is 9.81. The SMILES string of the molecule is C=CCCCCCCCC(=O)C1CC2COCC(C1)N2C. The molecule has 0 N–H and O–H groups in total. The molecule has 2 heterocycles. The highest BCUT2D eigenvalue weighted by Gasteiger charge is 2.38. The van der Waals surface area contributed by atoms with Gasteiger partial charge in [-0.25, -0.2) is 0 Å². The average Bonchev–Trinajstić information content (AvgIpc) is 2.45. The van der Waals surface area contributed by atoms with E-state index in [1.165, 1.54) is 25.7 Å². The van der Waals surface area contributed by atoms with E-state index in [1.54, 1.807) is 0 Å². The fourth-order valence-corrected chi connectivity index (χ4v) is 3.68. The Bertz CT molecular complexity index is 328. The van der Waals surface area contributed by atoms with Gasteiger partial charge in [0.15, 0.2) is 0 Å². The molecule has 0 radical (unpaired) electrons. The predicted molar refractivity (Wildman–Crippen MR) is 86.4 cm³/mol. The van der Waals surface area contributed by atoms with Crippen molar-refractivity contribution in [2.45, 2.75) is 69.9 Å². The molecule has 2 fully saturated rings. The van der Waals surface area contributed by atoms with E-state index in [9.17, 15) is 4.79 Å². The number of carbonyl (C=O) groups excluding carboxylic acids is 1. The maximum absolute atomic E-state index is 12.4. The Hall–Kier alpha value is -0.670. The topological polar surface area (TPSA) is 29.5 Å². The summed E-state index contributed by atoms with van der Waals surface area (Å²) in [6.07, 6.45) is 12.0. The van der Waals surface area contributed by atoms with Crippen molar-refractivity contribution in [1.82, 2.24) is 4.90 Å². The van der Waals surface area contributed by atoms with Crippen molar-refractivity contribution in [2.75, 3.05) is 20.3 Å². The van der Waals surface area contributed by atoms with E-state index >= 15 is 0 Å². The maximum Gasteiger partial charge on any atom is 0.136 e. The molecule has 2 aliphatic rings. The molecule has 2 saturated heterocycles. The third kappa shape index (κ3) is 4.93. The largest absolute Gasteiger partial charge is 0.378 e. The number of rotatable bonds is 9. The second-order valence-corrected chi connectivity index (χ2v) is 6.74. The van der Waals surface area contributed by atoms with Gasteiger partial charge in [0.1, 0.15) is 5.78 Å². The summed E-state index contributed by atoms with van der Waals surface area (Å²) in [5.74, 6) is 0.798. The minimum Gasteiger partial charge on any atom is -0.378 e. The summed E-state index contributed by atoms with van der Waals surface area (Å²) in [5.41, 5.74) is 0. The zero-order chi connectivity index (χ0) is 15.1. The number of Topliss-reactive ketones (excluding diaryl/α,β-unsaturated/α-hetero) is 1. The number of fused-ring (bicyclic) bond motifs is 2. The Morgan fingerprint density at radius 3 is 2.43 bits per heavy atom. The highest BCUT2D eigenvalue weighted by atomic mass is 16.5. The molecule has 0 aromatic heterocycles. The summed E-state index contributed by atoms with van der Waals surface area (Å²) in [6, 6.07) is 0.927. The molecule has 2 unspecified atom stereocenters. The quantitative estimate of drug-likeness (QED) is 0.481. The van der Waals surface area contributed by atoms with Crippen LogP contribution in [0.5, 0.6) is 0 Å². The molecule has 120 valence electrons. The van der Waals surface area contributed by atoms with Gasteiger partial charge < -0.3 is 4.74 Å². The van der Waals surface area contributed by atoms with Crippen LogP contribution >= 0.6 is 0 Å². The molecule has 2 atom stereocenters. The molecule has 2 aliphatic heterocycles. The minimum absolute atomic E-state index is 0.292. The first-order valence-corrected chi connectivity index (χ1v) is 8.65. The Kier molecular flexibility index (Phi) is 6.91. The molecular weight excluding hydrogens is 262 g/mol. The Balaban J connectivity index is 1.61. The zero-order valence-corrected chi connectivity index (χ0v) is 13.6. The van der Waals surface area contributed by atoms with Gasteiger partial charge in [-0.15, -0.1) is 6.58 Å². The monoisotopic (exact) mass is 293 g/mol. The Morgan fingerprint density at radius 1 is 1.14 bits per heavy atom. The van der Waals surface area contributed by atoms with Crippen LogP contribution < -0.4 is 0 Å². The number of unbranched alkanes of at least 4 members (excludes halogenated alkanes) is 5. The average molecular weight is 293 g/mol. The van der Waals surface area contributed by atoms with Crippen molar-refractivity contribution < 1.29 is 9.53 Å². The van der Waals surface area contributed by atoms with Crippen molar-refractivity contribution >= 4 is 5.78 Å². The Morgan fingerprint density at radius 2 is 1.76 bits per heavy atom. The van der Waals surface area contributed by atoms with Gasteiger partial charge in [-0.1, -0.05) is 25.3 Å². The number of nitrogens with zero attached hydrogens (tertiary/aromatic N) is 1. The van der Waals surface area contributed by atoms with E-state index in [-0.39, 0.29) is 0 Å². The van der Waals surface area contributed by atoms with Gasteiger partial charge in [0.2, 0.25) is 0 Å². The van der Waals surface area contributed by atoms with Crippen LogP contribution in [0.15, 0.2) is 12.7 Å². The lowest BCUT2D eigenvalue weighted by Gasteiger charge is -2.46. The summed E-state index contributed by atoms with van der Waals surface area (Å²) in [5, 5.41) is 0. The number of allylic oxidation sites excluding steroid dienone is 1. The number of hydrogen-bond acceptors (Lipinski definition) is 3. The van der Waals surface area contributed by atoms with E-state index < -0.39 is 0 Å². The van der Waals surface area contributed by atoms with Crippen LogP contribution in [0.4, 0.5) is 0 Å². The van der Waals surface area contributed by atoms with Gasteiger partial charge in [-0.05, 0) is 39.2 Å². The standard InChI is InChI=1S/C18H31NO2/c1-3-4-5-6-7-8-9-10-18(20)15-11-16-13-21-14-17(12-15)19(16)2/h3,15-17H,1,4-14H2,2H3. The van der Waals surface area contributed by atoms with E-state index in [1.807, 2.05) is 6.08 Å². The molecule has 2 rings (SSSR count). The fraction of sp³-hybridized carbons (Fsp3) is 0.833. The van der Waals surface area contributed by atoms with Gasteiger partial charge in [-0.3, -0.25) is 9.69 Å². The van der Waals surface area contributed by atoms with Gasteiger partial charge >= 0.3 is 0 Å². The first-order valence-electron chi connectivity index (χ1n) is 8.65. The molecule has 3 nitrogen and oxygen atoms in total. The molecular formula is C18H31NO2. The third-order valence-electron chi connectivity index (χ3n) is 5.17. The molecule has 21 heavy (non-hydrogen) atoms. The van der Waals surface area contributed by atoms with Crippen molar-refractivity contribution in [3.05, 3.63) is 12.7 Å². The normalized spacial score (nSPS) is 29.3. The number of ketones is 1. The molecule has 3 heteroatoms. The number of piperidine rings is 1. The zero-order valence-electron chi connectivity index (χ0n) is 13.6. The van der Waals surface area contributed by atoms with Gasteiger partial charge in [0.25, 0.3) is 0 Å². The Labute approximate surface area is 129 Å². The van der Waals surface area contributed by atoms with Crippen LogP contribution in [0.25, 0.3) is 0 Å². The van der Waals surface area contributed by atoms with Crippen LogP contribution in [-0.2, 0) is 9.53 Å². The molecule has 0 amide bonds. The van der Waals surface area contributed by atoms with E-state index in [0.717, 1.165) is 45.3 Å². The van der Waals surface area contributed by atoms with Crippen LogP contribution in [0.1, 0.15) is 57.8 Å². The van der Waals surface area contributed by atoms with Crippen molar-refractivity contribution in [1.29, 1.82) is 0 Å². The van der Waals surface area contributed by atoms with Crippen LogP contribution in [0, 0.1) is 5.92 Å². The minimum atomic E-state index is 0.292. The second kappa shape index (κ2) is 8.70. The lowest BCUT2D eigenvalue weighted by Crippen LogP contribution is -2.55. The second-order valence-electron chi connectivity index (χ2n) is 6.74. The summed E-state index contributed by atoms with van der Waals surface area (Å²) in [7, 11) is 2.18. The van der Waals surface area contributed by atoms with Crippen LogP contribution in [0.3, 0.4) is 0 Å². The number of likely N-dealkylation sites (N-methyl/N-ethyl adjacent to an activating group) is 1. The molecule has 0 aromatic carbocycles. The highest BCUT2D eigenvalue weighted by molar-refractivity contribution is 5.81. The van der Waals surface area contributed by atoms with Gasteiger partial charge in [-0.2, -0.15) is 0 Å². The summed E-state index contributed by atoms with van der Waals surface area (Å²) in [6.45, 7) is 5.35. The summed E-state index contributed by atoms with van der Waals surface area (Å²) < 4.78 is 5.62. The fourth-order valence-electron chi connectivity index (χ4n) is 3.68. The molecule has 2 bridgehead atoms. The first kappa shape index (κ1) is 16.7. The first-order chi connectivity index (χ1) is 10.2. The summed E-state index contributed by atoms with van der Waals surface area (Å²) >= 11 is 0. The van der Waals surface area contributed by atoms with Crippen LogP contribution in [-0.4, -0.2) is 43.0 Å². The van der Waals surface area contributed by atoms with Crippen LogP contribution in [0.2, 0.25) is 0 Å². The van der Waals surface area contributed by atoms with E-state index in [2.05, 4.69) is 18.5 Å². The highest BCUT2D eigenvalue weighted by Crippen LogP contribution is 2.31. The number of morpholine rings is 1. The third-order valence-corrected chi connectivity index (χ3v) is 5.17. The van der Waals surface area contributed by atoms with Gasteiger partial charge in [0, 0.05) is 24.4 Å². The van der Waals surface area contributed by atoms with E-state index in [4.69, 9.17) is 4.74 Å². The smallest absolute Gasteiger partial charge is 0.136 e. The number of hydrogen-bond donors (Lipinski definition) is 0. The number of ether oxygens (including phenoxy) is 1. The predicted octanol–water partition coefficient (Wildman–Crippen LogP) is 3.58. The van der Waals surface area contributed by atoms with Gasteiger partial charge in [0.05, 0.1) is 13.2 Å². The molecule has 0 aromatic rings. The molecule has 0 spiro atoms. The number of carbonyl (C=O) groups is 1. The summed E-state index contributed by atoms with van der Waals surface area (Å²) in [4.78, 5) is 14.8. The molecule has 0 saturated carbocycles. The molecule has 0 aliphatic carbocycles. The van der Waals surface area contributed by atoms with E-state index in [0.29, 0.717) is 23.8 Å². The maximum atomic E-state index is 12.4. The van der Waals surface area contributed by atoms with Crippen molar-refractivity contribution in [3.63, 3.8) is 0 Å². The van der Waals surface area contributed by atoms with Crippen molar-refractivity contribution in [2.24, 2.45) is 5.92 Å².